The van der Waals surface area contributed by atoms with Crippen LogP contribution < -0.4 is 5.90 Å². The van der Waals surface area contributed by atoms with Gasteiger partial charge in [-0.1, -0.05) is 0 Å². The predicted octanol–water partition coefficient (Wildman–Crippen LogP) is 0.808. The fourth-order valence-corrected chi connectivity index (χ4v) is 3.26. The van der Waals surface area contributed by atoms with Gasteiger partial charge in [0, 0.05) is 12.3 Å². The van der Waals surface area contributed by atoms with Crippen LogP contribution in [0.1, 0.15) is 25.7 Å². The highest BCUT2D eigenvalue weighted by Crippen LogP contribution is 2.54. The highest BCUT2D eigenvalue weighted by Gasteiger charge is 2.57. The molecule has 80 valence electrons. The van der Waals surface area contributed by atoms with Crippen LogP contribution in [0.2, 0.25) is 0 Å². The summed E-state index contributed by atoms with van der Waals surface area (Å²) in [5.41, 5.74) is 0. The van der Waals surface area contributed by atoms with Gasteiger partial charge in [-0.2, -0.15) is 0 Å². The summed E-state index contributed by atoms with van der Waals surface area (Å²) in [6, 6.07) is 0. The number of rotatable bonds is 1. The molecular formula is C10H17NO3. The van der Waals surface area contributed by atoms with Crippen molar-refractivity contribution < 1.29 is 14.3 Å². The molecule has 0 aromatic rings. The van der Waals surface area contributed by atoms with E-state index < -0.39 is 0 Å². The summed E-state index contributed by atoms with van der Waals surface area (Å²) in [4.78, 5) is 5.02. The lowest BCUT2D eigenvalue weighted by Gasteiger charge is -2.53. The molecule has 1 aliphatic heterocycles. The maximum Gasteiger partial charge on any atom is 0.171 e. The number of nitrogens with two attached hydrogens (primary N) is 1. The van der Waals surface area contributed by atoms with Crippen molar-refractivity contribution in [1.82, 2.24) is 0 Å². The van der Waals surface area contributed by atoms with E-state index in [1.54, 1.807) is 0 Å². The summed E-state index contributed by atoms with van der Waals surface area (Å²) < 4.78 is 11.6. The van der Waals surface area contributed by atoms with Crippen LogP contribution in [0, 0.1) is 11.8 Å². The molecule has 0 aromatic carbocycles. The van der Waals surface area contributed by atoms with Gasteiger partial charge in [-0.05, 0) is 25.2 Å². The number of hydrogen-bond donors (Lipinski definition) is 1. The summed E-state index contributed by atoms with van der Waals surface area (Å²) in [5, 5.41) is 0. The van der Waals surface area contributed by atoms with Crippen LogP contribution in [0.15, 0.2) is 0 Å². The zero-order valence-corrected chi connectivity index (χ0v) is 8.28. The van der Waals surface area contributed by atoms with Gasteiger partial charge in [-0.3, -0.25) is 0 Å². The van der Waals surface area contributed by atoms with Crippen LogP contribution in [0.4, 0.5) is 0 Å². The molecular weight excluding hydrogens is 182 g/mol. The van der Waals surface area contributed by atoms with Crippen molar-refractivity contribution in [3.63, 3.8) is 0 Å². The maximum absolute atomic E-state index is 5.79. The zero-order valence-electron chi connectivity index (χ0n) is 8.28. The van der Waals surface area contributed by atoms with Crippen molar-refractivity contribution in [1.29, 1.82) is 0 Å². The van der Waals surface area contributed by atoms with Crippen molar-refractivity contribution in [2.24, 2.45) is 17.7 Å². The molecule has 3 aliphatic rings. The largest absolute Gasteiger partial charge is 0.347 e. The average molecular weight is 199 g/mol. The Morgan fingerprint density at radius 2 is 1.93 bits per heavy atom. The van der Waals surface area contributed by atoms with E-state index in [-0.39, 0.29) is 11.9 Å². The third kappa shape index (κ3) is 1.08. The van der Waals surface area contributed by atoms with Crippen molar-refractivity contribution >= 4 is 0 Å². The first-order chi connectivity index (χ1) is 6.86. The standard InChI is InChI=1S/C10H17NO3/c11-14-9-3-4-10(12-5-6-13-10)8-2-1-7(8)9/h7-9H,1-6,11H2. The molecule has 3 fully saturated rings. The maximum atomic E-state index is 5.79. The molecule has 1 saturated heterocycles. The molecule has 1 spiro atoms. The first kappa shape index (κ1) is 9.09. The number of hydrogen-bond acceptors (Lipinski definition) is 4. The van der Waals surface area contributed by atoms with Gasteiger partial charge in [0.05, 0.1) is 19.3 Å². The van der Waals surface area contributed by atoms with Gasteiger partial charge in [0.1, 0.15) is 0 Å². The Kier molecular flexibility index (Phi) is 2.06. The third-order valence-corrected chi connectivity index (χ3v) is 4.10. The first-order valence-corrected chi connectivity index (χ1v) is 5.49. The minimum Gasteiger partial charge on any atom is -0.347 e. The first-order valence-electron chi connectivity index (χ1n) is 5.49. The van der Waals surface area contributed by atoms with Crippen LogP contribution in [0.5, 0.6) is 0 Å². The summed E-state index contributed by atoms with van der Waals surface area (Å²) in [6.45, 7) is 1.49. The van der Waals surface area contributed by atoms with Gasteiger partial charge in [0.25, 0.3) is 0 Å². The van der Waals surface area contributed by atoms with Gasteiger partial charge in [-0.25, -0.2) is 5.90 Å². The average Bonchev–Trinajstić information content (AvgIpc) is 2.58. The Morgan fingerprint density at radius 1 is 1.14 bits per heavy atom. The molecule has 2 N–H and O–H groups in total. The van der Waals surface area contributed by atoms with E-state index in [4.69, 9.17) is 20.2 Å². The van der Waals surface area contributed by atoms with Crippen LogP contribution >= 0.6 is 0 Å². The summed E-state index contributed by atoms with van der Waals surface area (Å²) >= 11 is 0. The smallest absolute Gasteiger partial charge is 0.171 e. The van der Waals surface area contributed by atoms with Crippen molar-refractivity contribution in [2.75, 3.05) is 13.2 Å². The Morgan fingerprint density at radius 3 is 2.50 bits per heavy atom. The Bertz CT molecular complexity index is 227. The highest BCUT2D eigenvalue weighted by atomic mass is 16.7. The van der Waals surface area contributed by atoms with E-state index in [1.165, 1.54) is 12.8 Å². The molecule has 3 rings (SSSR count). The molecule has 1 heterocycles. The molecule has 4 nitrogen and oxygen atoms in total. The van der Waals surface area contributed by atoms with E-state index in [9.17, 15) is 0 Å². The molecule has 0 aromatic heterocycles. The van der Waals surface area contributed by atoms with E-state index in [2.05, 4.69) is 0 Å². The van der Waals surface area contributed by atoms with Gasteiger partial charge in [-0.15, -0.1) is 0 Å². The summed E-state index contributed by atoms with van der Waals surface area (Å²) in [7, 11) is 0. The zero-order chi connectivity index (χ0) is 9.60. The molecule has 0 radical (unpaired) electrons. The van der Waals surface area contributed by atoms with Crippen LogP contribution in [0.3, 0.4) is 0 Å². The van der Waals surface area contributed by atoms with E-state index in [0.29, 0.717) is 11.8 Å². The molecule has 0 bridgehead atoms. The molecule has 2 aliphatic carbocycles. The van der Waals surface area contributed by atoms with Gasteiger partial charge in [0.2, 0.25) is 0 Å². The second-order valence-corrected chi connectivity index (χ2v) is 4.57. The normalized spacial score (nSPS) is 44.8. The van der Waals surface area contributed by atoms with E-state index in [1.807, 2.05) is 0 Å². The fourth-order valence-electron chi connectivity index (χ4n) is 3.26. The quantitative estimate of drug-likeness (QED) is 0.635. The van der Waals surface area contributed by atoms with Gasteiger partial charge < -0.3 is 14.3 Å². The second kappa shape index (κ2) is 3.17. The molecule has 3 atom stereocenters. The van der Waals surface area contributed by atoms with E-state index >= 15 is 0 Å². The third-order valence-electron chi connectivity index (χ3n) is 4.10. The highest BCUT2D eigenvalue weighted by molar-refractivity contribution is 5.01. The lowest BCUT2D eigenvalue weighted by molar-refractivity contribution is -0.271. The van der Waals surface area contributed by atoms with Crippen LogP contribution in [0.25, 0.3) is 0 Å². The summed E-state index contributed by atoms with van der Waals surface area (Å²) in [5.74, 6) is 6.11. The molecule has 14 heavy (non-hydrogen) atoms. The minimum absolute atomic E-state index is 0.229. The molecule has 2 saturated carbocycles. The topological polar surface area (TPSA) is 53.7 Å². The Balaban J connectivity index is 1.78. The van der Waals surface area contributed by atoms with Crippen LogP contribution in [-0.4, -0.2) is 25.1 Å². The van der Waals surface area contributed by atoms with Crippen molar-refractivity contribution in [2.45, 2.75) is 37.6 Å². The van der Waals surface area contributed by atoms with Crippen molar-refractivity contribution in [3.05, 3.63) is 0 Å². The molecule has 4 heteroatoms. The van der Waals surface area contributed by atoms with E-state index in [0.717, 1.165) is 26.1 Å². The minimum atomic E-state index is -0.266. The van der Waals surface area contributed by atoms with Gasteiger partial charge >= 0.3 is 0 Å². The van der Waals surface area contributed by atoms with Crippen LogP contribution in [-0.2, 0) is 14.3 Å². The second-order valence-electron chi connectivity index (χ2n) is 4.57. The van der Waals surface area contributed by atoms with Crippen molar-refractivity contribution in [3.8, 4) is 0 Å². The lowest BCUT2D eigenvalue weighted by atomic mass is 9.61. The fraction of sp³-hybridized carbons (Fsp3) is 1.00. The molecule has 0 amide bonds. The predicted molar refractivity (Wildman–Crippen MR) is 49.1 cm³/mol. The lowest BCUT2D eigenvalue weighted by Crippen LogP contribution is -2.56. The molecule has 3 unspecified atom stereocenters. The number of ether oxygens (including phenoxy) is 2. The monoisotopic (exact) mass is 199 g/mol. The SMILES string of the molecule is NOC1CCC2(OCCO2)C2CCC12. The Labute approximate surface area is 83.6 Å². The number of fused-ring (bicyclic) bond motifs is 2. The summed E-state index contributed by atoms with van der Waals surface area (Å²) in [6.07, 6.45) is 4.55. The van der Waals surface area contributed by atoms with Gasteiger partial charge in [0.15, 0.2) is 5.79 Å². The Hall–Kier alpha value is -0.160.